The van der Waals surface area contributed by atoms with Gasteiger partial charge in [0.2, 0.25) is 0 Å². The van der Waals surface area contributed by atoms with Gasteiger partial charge in [-0.25, -0.2) is 0 Å². The second-order valence-electron chi connectivity index (χ2n) is 4.69. The number of nitrogens with two attached hydrogens (primary N) is 1. The summed E-state index contributed by atoms with van der Waals surface area (Å²) in [7, 11) is 0. The SMILES string of the molecule is Cc1ccccc1Nc1c(N)cnc2ccc(Br)cc12. The number of halogens is 1. The zero-order valence-electron chi connectivity index (χ0n) is 11.0. The Labute approximate surface area is 126 Å². The molecule has 0 spiro atoms. The van der Waals surface area contributed by atoms with Crippen molar-refractivity contribution in [3.8, 4) is 0 Å². The molecule has 100 valence electrons. The lowest BCUT2D eigenvalue weighted by molar-refractivity contribution is 1.39. The number of hydrogen-bond acceptors (Lipinski definition) is 3. The Morgan fingerprint density at radius 2 is 1.95 bits per heavy atom. The first-order valence-corrected chi connectivity index (χ1v) is 7.11. The first-order chi connectivity index (χ1) is 9.65. The van der Waals surface area contributed by atoms with Gasteiger partial charge < -0.3 is 11.1 Å². The molecule has 3 N–H and O–H groups in total. The van der Waals surface area contributed by atoms with Crippen LogP contribution in [0.15, 0.2) is 53.1 Å². The van der Waals surface area contributed by atoms with Crippen LogP contribution in [0.3, 0.4) is 0 Å². The Balaban J connectivity index is 2.17. The summed E-state index contributed by atoms with van der Waals surface area (Å²) in [6, 6.07) is 14.1. The van der Waals surface area contributed by atoms with Crippen LogP contribution in [0.5, 0.6) is 0 Å². The summed E-state index contributed by atoms with van der Waals surface area (Å²) >= 11 is 3.49. The predicted molar refractivity (Wildman–Crippen MR) is 88.3 cm³/mol. The molecule has 0 aliphatic rings. The molecule has 0 saturated heterocycles. The fraction of sp³-hybridized carbons (Fsp3) is 0.0625. The minimum Gasteiger partial charge on any atom is -0.396 e. The normalized spacial score (nSPS) is 10.7. The van der Waals surface area contributed by atoms with Crippen molar-refractivity contribution in [2.75, 3.05) is 11.1 Å². The lowest BCUT2D eigenvalue weighted by Gasteiger charge is -2.14. The number of hydrogen-bond donors (Lipinski definition) is 2. The van der Waals surface area contributed by atoms with Crippen molar-refractivity contribution in [2.24, 2.45) is 0 Å². The van der Waals surface area contributed by atoms with Crippen molar-refractivity contribution < 1.29 is 0 Å². The first-order valence-electron chi connectivity index (χ1n) is 6.31. The van der Waals surface area contributed by atoms with Crippen molar-refractivity contribution in [3.63, 3.8) is 0 Å². The highest BCUT2D eigenvalue weighted by Crippen LogP contribution is 2.33. The van der Waals surface area contributed by atoms with E-state index in [2.05, 4.69) is 39.2 Å². The average Bonchev–Trinajstić information content (AvgIpc) is 2.44. The van der Waals surface area contributed by atoms with Crippen LogP contribution in [0, 0.1) is 6.92 Å². The fourth-order valence-corrected chi connectivity index (χ4v) is 2.53. The Hall–Kier alpha value is -2.07. The van der Waals surface area contributed by atoms with E-state index in [1.807, 2.05) is 36.4 Å². The molecule has 20 heavy (non-hydrogen) atoms. The molecule has 0 saturated carbocycles. The number of rotatable bonds is 2. The number of aromatic nitrogens is 1. The van der Waals surface area contributed by atoms with Crippen LogP contribution in [-0.4, -0.2) is 4.98 Å². The minimum atomic E-state index is 0.638. The summed E-state index contributed by atoms with van der Waals surface area (Å²) in [6.45, 7) is 2.07. The number of pyridine rings is 1. The molecule has 0 bridgehead atoms. The molecule has 0 unspecified atom stereocenters. The summed E-state index contributed by atoms with van der Waals surface area (Å²) < 4.78 is 1.00. The van der Waals surface area contributed by atoms with Crippen LogP contribution >= 0.6 is 15.9 Å². The molecular weight excluding hydrogens is 314 g/mol. The number of nitrogens with zero attached hydrogens (tertiary/aromatic N) is 1. The Morgan fingerprint density at radius 3 is 2.75 bits per heavy atom. The lowest BCUT2D eigenvalue weighted by atomic mass is 10.1. The number of fused-ring (bicyclic) bond motifs is 1. The lowest BCUT2D eigenvalue weighted by Crippen LogP contribution is -2.00. The van der Waals surface area contributed by atoms with Gasteiger partial charge >= 0.3 is 0 Å². The van der Waals surface area contributed by atoms with E-state index in [0.717, 1.165) is 26.8 Å². The smallest absolute Gasteiger partial charge is 0.0746 e. The van der Waals surface area contributed by atoms with Gasteiger partial charge in [-0.3, -0.25) is 4.98 Å². The van der Waals surface area contributed by atoms with E-state index in [4.69, 9.17) is 5.73 Å². The molecule has 0 radical (unpaired) electrons. The number of nitrogens with one attached hydrogen (secondary N) is 1. The zero-order valence-corrected chi connectivity index (χ0v) is 12.6. The largest absolute Gasteiger partial charge is 0.396 e. The van der Waals surface area contributed by atoms with Crippen LogP contribution in [-0.2, 0) is 0 Å². The third kappa shape index (κ3) is 2.34. The summed E-state index contributed by atoms with van der Waals surface area (Å²) in [5, 5.41) is 4.43. The van der Waals surface area contributed by atoms with Crippen molar-refractivity contribution in [3.05, 3.63) is 58.7 Å². The molecule has 0 aliphatic heterocycles. The van der Waals surface area contributed by atoms with Gasteiger partial charge in [-0.05, 0) is 36.8 Å². The monoisotopic (exact) mass is 327 g/mol. The van der Waals surface area contributed by atoms with Gasteiger partial charge in [-0.1, -0.05) is 34.1 Å². The summed E-state index contributed by atoms with van der Waals surface area (Å²) in [5.74, 6) is 0. The predicted octanol–water partition coefficient (Wildman–Crippen LogP) is 4.63. The van der Waals surface area contributed by atoms with Gasteiger partial charge in [0.1, 0.15) is 0 Å². The standard InChI is InChI=1S/C16H14BrN3/c1-10-4-2-3-5-14(10)20-16-12-8-11(17)6-7-15(12)19-9-13(16)18/h2-9H,18H2,1H3,(H,19,20). The fourth-order valence-electron chi connectivity index (χ4n) is 2.17. The van der Waals surface area contributed by atoms with Crippen LogP contribution in [0.2, 0.25) is 0 Å². The molecule has 3 nitrogen and oxygen atoms in total. The van der Waals surface area contributed by atoms with E-state index in [1.54, 1.807) is 6.20 Å². The summed E-state index contributed by atoms with van der Waals surface area (Å²) in [5.41, 5.74) is 10.8. The molecular formula is C16H14BrN3. The average molecular weight is 328 g/mol. The number of nitrogen functional groups attached to an aromatic ring is 1. The highest BCUT2D eigenvalue weighted by atomic mass is 79.9. The van der Waals surface area contributed by atoms with E-state index in [-0.39, 0.29) is 0 Å². The third-order valence-electron chi connectivity index (χ3n) is 3.26. The topological polar surface area (TPSA) is 50.9 Å². The van der Waals surface area contributed by atoms with E-state index in [0.29, 0.717) is 5.69 Å². The van der Waals surface area contributed by atoms with E-state index in [1.165, 1.54) is 5.56 Å². The van der Waals surface area contributed by atoms with Crippen molar-refractivity contribution >= 4 is 43.9 Å². The molecule has 0 atom stereocenters. The van der Waals surface area contributed by atoms with Crippen LogP contribution in [0.25, 0.3) is 10.9 Å². The second kappa shape index (κ2) is 5.13. The Kier molecular flexibility index (Phi) is 3.32. The van der Waals surface area contributed by atoms with E-state index < -0.39 is 0 Å². The maximum absolute atomic E-state index is 6.09. The third-order valence-corrected chi connectivity index (χ3v) is 3.76. The summed E-state index contributed by atoms with van der Waals surface area (Å²) in [6.07, 6.45) is 1.69. The number of anilines is 3. The van der Waals surface area contributed by atoms with Gasteiger partial charge in [-0.2, -0.15) is 0 Å². The van der Waals surface area contributed by atoms with E-state index in [9.17, 15) is 0 Å². The molecule has 1 heterocycles. The number of para-hydroxylation sites is 1. The van der Waals surface area contributed by atoms with Gasteiger partial charge in [-0.15, -0.1) is 0 Å². The highest BCUT2D eigenvalue weighted by Gasteiger charge is 2.08. The first kappa shape index (κ1) is 12.9. The molecule has 0 amide bonds. The maximum Gasteiger partial charge on any atom is 0.0746 e. The Morgan fingerprint density at radius 1 is 1.15 bits per heavy atom. The number of benzene rings is 2. The molecule has 2 aromatic carbocycles. The van der Waals surface area contributed by atoms with Crippen LogP contribution in [0.4, 0.5) is 17.1 Å². The van der Waals surface area contributed by atoms with Gasteiger partial charge in [0.05, 0.1) is 23.1 Å². The van der Waals surface area contributed by atoms with Crippen molar-refractivity contribution in [1.29, 1.82) is 0 Å². The minimum absolute atomic E-state index is 0.638. The number of aryl methyl sites for hydroxylation is 1. The molecule has 3 rings (SSSR count). The molecule has 1 aromatic heterocycles. The second-order valence-corrected chi connectivity index (χ2v) is 5.61. The van der Waals surface area contributed by atoms with Gasteiger partial charge in [0, 0.05) is 15.5 Å². The van der Waals surface area contributed by atoms with E-state index >= 15 is 0 Å². The molecule has 4 heteroatoms. The van der Waals surface area contributed by atoms with Gasteiger partial charge in [0.25, 0.3) is 0 Å². The van der Waals surface area contributed by atoms with Crippen molar-refractivity contribution in [2.45, 2.75) is 6.92 Å². The zero-order chi connectivity index (χ0) is 14.1. The van der Waals surface area contributed by atoms with Crippen LogP contribution < -0.4 is 11.1 Å². The quantitative estimate of drug-likeness (QED) is 0.721. The molecule has 0 fully saturated rings. The maximum atomic E-state index is 6.09. The molecule has 3 aromatic rings. The van der Waals surface area contributed by atoms with Gasteiger partial charge in [0.15, 0.2) is 0 Å². The van der Waals surface area contributed by atoms with Crippen molar-refractivity contribution in [1.82, 2.24) is 4.98 Å². The van der Waals surface area contributed by atoms with Crippen LogP contribution in [0.1, 0.15) is 5.56 Å². The highest BCUT2D eigenvalue weighted by molar-refractivity contribution is 9.10. The Bertz CT molecular complexity index is 779. The molecule has 0 aliphatic carbocycles. The summed E-state index contributed by atoms with van der Waals surface area (Å²) in [4.78, 5) is 4.36.